The van der Waals surface area contributed by atoms with Crippen LogP contribution in [0.4, 0.5) is 0 Å². The van der Waals surface area contributed by atoms with Crippen LogP contribution in [0.15, 0.2) is 17.5 Å². The molecule has 1 N–H and O–H groups in total. The zero-order chi connectivity index (χ0) is 15.4. The van der Waals surface area contributed by atoms with E-state index in [1.165, 1.54) is 11.3 Å². The topological polar surface area (TPSA) is 32.3 Å². The van der Waals surface area contributed by atoms with Gasteiger partial charge in [-0.25, -0.2) is 0 Å². The highest BCUT2D eigenvalue weighted by molar-refractivity contribution is 7.10. The lowest BCUT2D eigenvalue weighted by Gasteiger charge is -2.34. The zero-order valence-electron chi connectivity index (χ0n) is 13.6. The molecule has 2 rings (SSSR count). The van der Waals surface area contributed by atoms with E-state index in [2.05, 4.69) is 55.4 Å². The minimum absolute atomic E-state index is 0.136. The molecule has 3 nitrogen and oxygen atoms in total. The summed E-state index contributed by atoms with van der Waals surface area (Å²) in [4.78, 5) is 15.9. The number of hydrogen-bond acceptors (Lipinski definition) is 3. The fraction of sp³-hybridized carbons (Fsp3) is 0.706. The third-order valence-electron chi connectivity index (χ3n) is 4.14. The Labute approximate surface area is 132 Å². The maximum absolute atomic E-state index is 12.4. The molecule has 1 aromatic rings. The summed E-state index contributed by atoms with van der Waals surface area (Å²) in [5.41, 5.74) is 0. The Morgan fingerprint density at radius 3 is 2.57 bits per heavy atom. The molecule has 2 heterocycles. The molecule has 21 heavy (non-hydrogen) atoms. The smallest absolute Gasteiger partial charge is 0.234 e. The van der Waals surface area contributed by atoms with Gasteiger partial charge in [0.25, 0.3) is 0 Å². The molecule has 1 aliphatic heterocycles. The van der Waals surface area contributed by atoms with Crippen LogP contribution in [0.3, 0.4) is 0 Å². The summed E-state index contributed by atoms with van der Waals surface area (Å²) in [7, 11) is 0. The number of nitrogens with zero attached hydrogens (tertiary/aromatic N) is 1. The van der Waals surface area contributed by atoms with E-state index in [1.807, 2.05) is 0 Å². The molecule has 3 atom stereocenters. The van der Waals surface area contributed by atoms with Crippen LogP contribution in [0.5, 0.6) is 0 Å². The van der Waals surface area contributed by atoms with E-state index < -0.39 is 0 Å². The zero-order valence-corrected chi connectivity index (χ0v) is 14.5. The average molecular weight is 308 g/mol. The fourth-order valence-electron chi connectivity index (χ4n) is 3.38. The number of hydrogen-bond donors (Lipinski definition) is 1. The van der Waals surface area contributed by atoms with E-state index in [0.717, 1.165) is 13.1 Å². The number of likely N-dealkylation sites (tertiary alicyclic amines) is 1. The molecule has 0 aromatic carbocycles. The first-order valence-electron chi connectivity index (χ1n) is 8.00. The van der Waals surface area contributed by atoms with Crippen LogP contribution in [0, 0.1) is 17.8 Å². The predicted octanol–water partition coefficient (Wildman–Crippen LogP) is 3.54. The number of piperidine rings is 1. The maximum atomic E-state index is 12.4. The molecule has 118 valence electrons. The largest absolute Gasteiger partial charge is 0.347 e. The summed E-state index contributed by atoms with van der Waals surface area (Å²) < 4.78 is 0. The van der Waals surface area contributed by atoms with E-state index in [1.54, 1.807) is 11.3 Å². The van der Waals surface area contributed by atoms with Crippen molar-refractivity contribution in [2.24, 2.45) is 17.8 Å². The van der Waals surface area contributed by atoms with Crippen molar-refractivity contribution in [2.45, 2.75) is 40.2 Å². The van der Waals surface area contributed by atoms with Crippen LogP contribution >= 0.6 is 11.3 Å². The van der Waals surface area contributed by atoms with Gasteiger partial charge >= 0.3 is 0 Å². The third-order valence-corrected chi connectivity index (χ3v) is 5.10. The van der Waals surface area contributed by atoms with Gasteiger partial charge in [-0.05, 0) is 35.6 Å². The molecule has 0 unspecified atom stereocenters. The average Bonchev–Trinajstić information content (AvgIpc) is 2.87. The first-order chi connectivity index (χ1) is 9.95. The van der Waals surface area contributed by atoms with Gasteiger partial charge in [0.05, 0.1) is 12.6 Å². The Morgan fingerprint density at radius 2 is 2.05 bits per heavy atom. The normalized spacial score (nSPS) is 25.0. The molecule has 0 bridgehead atoms. The van der Waals surface area contributed by atoms with Crippen molar-refractivity contribution in [3.05, 3.63) is 22.4 Å². The van der Waals surface area contributed by atoms with Gasteiger partial charge in [-0.2, -0.15) is 0 Å². The summed E-state index contributed by atoms with van der Waals surface area (Å²) in [6.07, 6.45) is 1.28. The Kier molecular flexibility index (Phi) is 5.82. The number of rotatable bonds is 5. The molecule has 0 radical (unpaired) electrons. The van der Waals surface area contributed by atoms with Gasteiger partial charge in [-0.3, -0.25) is 9.69 Å². The van der Waals surface area contributed by atoms with Gasteiger partial charge < -0.3 is 5.32 Å². The second kappa shape index (κ2) is 7.41. The highest BCUT2D eigenvalue weighted by Crippen LogP contribution is 2.26. The fourth-order valence-corrected chi connectivity index (χ4v) is 4.33. The van der Waals surface area contributed by atoms with E-state index in [4.69, 9.17) is 0 Å². The maximum Gasteiger partial charge on any atom is 0.234 e. The monoisotopic (exact) mass is 308 g/mol. The molecule has 1 aliphatic rings. The molecule has 0 spiro atoms. The highest BCUT2D eigenvalue weighted by atomic mass is 32.1. The minimum atomic E-state index is 0.136. The van der Waals surface area contributed by atoms with Crippen molar-refractivity contribution in [3.63, 3.8) is 0 Å². The first-order valence-corrected chi connectivity index (χ1v) is 8.88. The lowest BCUT2D eigenvalue weighted by Crippen LogP contribution is -2.45. The van der Waals surface area contributed by atoms with Crippen LogP contribution < -0.4 is 5.32 Å². The number of amides is 1. The molecule has 1 aromatic heterocycles. The Balaban J connectivity index is 1.91. The summed E-state index contributed by atoms with van der Waals surface area (Å²) >= 11 is 1.72. The van der Waals surface area contributed by atoms with Crippen molar-refractivity contribution < 1.29 is 4.79 Å². The van der Waals surface area contributed by atoms with E-state index in [-0.39, 0.29) is 11.9 Å². The van der Waals surface area contributed by atoms with E-state index in [9.17, 15) is 4.79 Å². The third kappa shape index (κ3) is 4.82. The van der Waals surface area contributed by atoms with Gasteiger partial charge in [0.1, 0.15) is 0 Å². The van der Waals surface area contributed by atoms with Crippen molar-refractivity contribution in [2.75, 3.05) is 19.6 Å². The predicted molar refractivity (Wildman–Crippen MR) is 89.4 cm³/mol. The molecule has 1 fully saturated rings. The van der Waals surface area contributed by atoms with Crippen molar-refractivity contribution >= 4 is 17.2 Å². The summed E-state index contributed by atoms with van der Waals surface area (Å²) in [6, 6.07) is 4.30. The SMILES string of the molecule is CC(C)[C@@H](NC(=O)CN1C[C@H](C)C[C@H](C)C1)c1cccs1. The molecule has 0 aliphatic carbocycles. The second-order valence-corrected chi connectivity index (χ2v) is 7.92. The van der Waals surface area contributed by atoms with Crippen molar-refractivity contribution in [1.82, 2.24) is 10.2 Å². The van der Waals surface area contributed by atoms with Crippen molar-refractivity contribution in [1.29, 1.82) is 0 Å². The summed E-state index contributed by atoms with van der Waals surface area (Å²) in [5.74, 6) is 1.95. The number of thiophene rings is 1. The highest BCUT2D eigenvalue weighted by Gasteiger charge is 2.25. The Morgan fingerprint density at radius 1 is 1.38 bits per heavy atom. The van der Waals surface area contributed by atoms with Gasteiger partial charge in [0.15, 0.2) is 0 Å². The van der Waals surface area contributed by atoms with Crippen LogP contribution in [-0.4, -0.2) is 30.4 Å². The van der Waals surface area contributed by atoms with Gasteiger partial charge in [-0.1, -0.05) is 33.8 Å². The molecular weight excluding hydrogens is 280 g/mol. The molecule has 1 saturated heterocycles. The summed E-state index contributed by atoms with van der Waals surface area (Å²) in [5, 5.41) is 5.30. The number of nitrogens with one attached hydrogen (secondary N) is 1. The standard InChI is InChI=1S/C17H28N2OS/c1-12(2)17(15-6-5-7-21-15)18-16(20)11-19-9-13(3)8-14(4)10-19/h5-7,12-14,17H,8-11H2,1-4H3,(H,18,20)/t13-,14+,17-/m1/s1. The van der Waals surface area contributed by atoms with E-state index >= 15 is 0 Å². The van der Waals surface area contributed by atoms with Gasteiger partial charge in [-0.15, -0.1) is 11.3 Å². The molecule has 4 heteroatoms. The first kappa shape index (κ1) is 16.5. The molecular formula is C17H28N2OS. The quantitative estimate of drug-likeness (QED) is 0.902. The summed E-state index contributed by atoms with van der Waals surface area (Å²) in [6.45, 7) is 11.5. The van der Waals surface area contributed by atoms with Gasteiger partial charge in [0, 0.05) is 18.0 Å². The molecule has 0 saturated carbocycles. The van der Waals surface area contributed by atoms with E-state index in [0.29, 0.717) is 24.3 Å². The van der Waals surface area contributed by atoms with Crippen LogP contribution in [0.2, 0.25) is 0 Å². The lowest BCUT2D eigenvalue weighted by molar-refractivity contribution is -0.123. The Hall–Kier alpha value is -0.870. The molecule has 1 amide bonds. The Bertz CT molecular complexity index is 434. The number of carbonyl (C=O) groups excluding carboxylic acids is 1. The minimum Gasteiger partial charge on any atom is -0.347 e. The lowest BCUT2D eigenvalue weighted by atomic mass is 9.92. The second-order valence-electron chi connectivity index (χ2n) is 6.94. The van der Waals surface area contributed by atoms with Crippen LogP contribution in [0.1, 0.15) is 45.0 Å². The van der Waals surface area contributed by atoms with Crippen molar-refractivity contribution in [3.8, 4) is 0 Å². The van der Waals surface area contributed by atoms with Crippen LogP contribution in [-0.2, 0) is 4.79 Å². The number of carbonyl (C=O) groups is 1. The van der Waals surface area contributed by atoms with Gasteiger partial charge in [0.2, 0.25) is 5.91 Å². The van der Waals surface area contributed by atoms with Crippen LogP contribution in [0.25, 0.3) is 0 Å².